The number of hydrogen-bond acceptors (Lipinski definition) is 5. The molecule has 20 heavy (non-hydrogen) atoms. The fraction of sp³-hybridized carbons (Fsp3) is 0.800. The van der Waals surface area contributed by atoms with E-state index in [1.54, 1.807) is 0 Å². The first kappa shape index (κ1) is 16.1. The summed E-state index contributed by atoms with van der Waals surface area (Å²) in [4.78, 5) is 8.81. The first-order chi connectivity index (χ1) is 9.67. The zero-order valence-corrected chi connectivity index (χ0v) is 14.7. The van der Waals surface area contributed by atoms with Gasteiger partial charge in [0.25, 0.3) is 0 Å². The van der Waals surface area contributed by atoms with Gasteiger partial charge in [-0.25, -0.2) is 4.98 Å². The second-order valence-electron chi connectivity index (χ2n) is 5.52. The highest BCUT2D eigenvalue weighted by Crippen LogP contribution is 2.34. The molecule has 1 aliphatic rings. The highest BCUT2D eigenvalue weighted by molar-refractivity contribution is 7.99. The molecule has 0 saturated carbocycles. The van der Waals surface area contributed by atoms with E-state index in [2.05, 4.69) is 49.8 Å². The number of thioether (sulfide) groups is 1. The van der Waals surface area contributed by atoms with Crippen LogP contribution in [-0.4, -0.2) is 36.1 Å². The number of thiazole rings is 1. The van der Waals surface area contributed by atoms with Gasteiger partial charge in [-0.05, 0) is 31.1 Å². The average Bonchev–Trinajstić information content (AvgIpc) is 3.12. The molecule has 0 bridgehead atoms. The SMILES string of the molecule is CCNCc1sc(N(C)C2CCSC2)nc1C(C)CC. The summed E-state index contributed by atoms with van der Waals surface area (Å²) < 4.78 is 0. The Morgan fingerprint density at radius 2 is 2.25 bits per heavy atom. The smallest absolute Gasteiger partial charge is 0.185 e. The van der Waals surface area contributed by atoms with Crippen molar-refractivity contribution >= 4 is 28.2 Å². The minimum absolute atomic E-state index is 0.556. The molecule has 2 atom stereocenters. The molecule has 1 aromatic heterocycles. The second kappa shape index (κ2) is 7.66. The quantitative estimate of drug-likeness (QED) is 0.830. The van der Waals surface area contributed by atoms with Crippen molar-refractivity contribution in [2.24, 2.45) is 0 Å². The predicted octanol–water partition coefficient (Wildman–Crippen LogP) is 3.71. The summed E-state index contributed by atoms with van der Waals surface area (Å²) in [6.07, 6.45) is 2.45. The molecule has 2 rings (SSSR count). The molecular weight excluding hydrogens is 286 g/mol. The van der Waals surface area contributed by atoms with Crippen LogP contribution >= 0.6 is 23.1 Å². The molecule has 2 unspecified atom stereocenters. The highest BCUT2D eigenvalue weighted by atomic mass is 32.2. The van der Waals surface area contributed by atoms with Crippen LogP contribution in [0.5, 0.6) is 0 Å². The van der Waals surface area contributed by atoms with Gasteiger partial charge in [0.2, 0.25) is 0 Å². The molecule has 2 heterocycles. The highest BCUT2D eigenvalue weighted by Gasteiger charge is 2.24. The molecular formula is C15H27N3S2. The largest absolute Gasteiger partial charge is 0.347 e. The number of aromatic nitrogens is 1. The summed E-state index contributed by atoms with van der Waals surface area (Å²) in [6.45, 7) is 8.67. The van der Waals surface area contributed by atoms with Crippen LogP contribution < -0.4 is 10.2 Å². The van der Waals surface area contributed by atoms with Crippen LogP contribution in [0.3, 0.4) is 0 Å². The van der Waals surface area contributed by atoms with E-state index in [-0.39, 0.29) is 0 Å². The Bertz CT molecular complexity index is 413. The van der Waals surface area contributed by atoms with Crippen LogP contribution in [0.15, 0.2) is 0 Å². The molecule has 0 aromatic carbocycles. The Hall–Kier alpha value is -0.260. The van der Waals surface area contributed by atoms with Crippen LogP contribution in [0, 0.1) is 0 Å². The fourth-order valence-corrected chi connectivity index (χ4v) is 4.88. The molecule has 0 spiro atoms. The van der Waals surface area contributed by atoms with Gasteiger partial charge in [-0.3, -0.25) is 0 Å². The van der Waals surface area contributed by atoms with Crippen molar-refractivity contribution in [3.05, 3.63) is 10.6 Å². The van der Waals surface area contributed by atoms with E-state index in [0.717, 1.165) is 19.5 Å². The Morgan fingerprint density at radius 1 is 1.45 bits per heavy atom. The van der Waals surface area contributed by atoms with Crippen molar-refractivity contribution in [2.45, 2.75) is 52.1 Å². The number of anilines is 1. The van der Waals surface area contributed by atoms with Crippen molar-refractivity contribution in [3.63, 3.8) is 0 Å². The first-order valence-corrected chi connectivity index (χ1v) is 9.65. The molecule has 114 valence electrons. The van der Waals surface area contributed by atoms with Crippen molar-refractivity contribution in [3.8, 4) is 0 Å². The minimum Gasteiger partial charge on any atom is -0.347 e. The Kier molecular flexibility index (Phi) is 6.18. The third-order valence-electron chi connectivity index (χ3n) is 4.09. The van der Waals surface area contributed by atoms with Gasteiger partial charge in [-0.2, -0.15) is 11.8 Å². The maximum absolute atomic E-state index is 4.97. The fourth-order valence-electron chi connectivity index (χ4n) is 2.43. The maximum atomic E-state index is 4.97. The van der Waals surface area contributed by atoms with Crippen LogP contribution in [0.1, 0.15) is 50.1 Å². The lowest BCUT2D eigenvalue weighted by atomic mass is 10.0. The Morgan fingerprint density at radius 3 is 2.85 bits per heavy atom. The number of rotatable bonds is 7. The number of nitrogens with zero attached hydrogens (tertiary/aromatic N) is 2. The van der Waals surface area contributed by atoms with E-state index in [9.17, 15) is 0 Å². The van der Waals surface area contributed by atoms with Crippen LogP contribution in [-0.2, 0) is 6.54 Å². The zero-order chi connectivity index (χ0) is 14.5. The van der Waals surface area contributed by atoms with Gasteiger partial charge in [-0.15, -0.1) is 11.3 Å². The lowest BCUT2D eigenvalue weighted by Crippen LogP contribution is -2.31. The molecule has 0 aliphatic carbocycles. The van der Waals surface area contributed by atoms with Crippen LogP contribution in [0.2, 0.25) is 0 Å². The summed E-state index contributed by atoms with van der Waals surface area (Å²) in [5.74, 6) is 3.10. The van der Waals surface area contributed by atoms with Crippen molar-refractivity contribution in [1.29, 1.82) is 0 Å². The Balaban J connectivity index is 2.18. The topological polar surface area (TPSA) is 28.2 Å². The monoisotopic (exact) mass is 313 g/mol. The van der Waals surface area contributed by atoms with Gasteiger partial charge in [0, 0.05) is 30.3 Å². The zero-order valence-electron chi connectivity index (χ0n) is 13.1. The maximum Gasteiger partial charge on any atom is 0.185 e. The van der Waals surface area contributed by atoms with Gasteiger partial charge >= 0.3 is 0 Å². The van der Waals surface area contributed by atoms with Gasteiger partial charge in [0.15, 0.2) is 5.13 Å². The summed E-state index contributed by atoms with van der Waals surface area (Å²) in [5, 5.41) is 4.66. The van der Waals surface area contributed by atoms with Gasteiger partial charge < -0.3 is 10.2 Å². The predicted molar refractivity (Wildman–Crippen MR) is 92.3 cm³/mol. The normalized spacial score (nSPS) is 20.3. The summed E-state index contributed by atoms with van der Waals surface area (Å²) in [5.41, 5.74) is 1.31. The third kappa shape index (κ3) is 3.68. The molecule has 0 amide bonds. The molecule has 1 aromatic rings. The standard InChI is InChI=1S/C15H27N3S2/c1-5-11(3)14-13(9-16-6-2)20-15(17-14)18(4)12-7-8-19-10-12/h11-12,16H,5-10H2,1-4H3. The molecule has 0 radical (unpaired) electrons. The minimum atomic E-state index is 0.556. The summed E-state index contributed by atoms with van der Waals surface area (Å²) >= 11 is 3.94. The number of hydrogen-bond donors (Lipinski definition) is 1. The molecule has 1 N–H and O–H groups in total. The van der Waals surface area contributed by atoms with E-state index in [1.165, 1.54) is 33.6 Å². The molecule has 3 nitrogen and oxygen atoms in total. The third-order valence-corrected chi connectivity index (χ3v) is 6.39. The van der Waals surface area contributed by atoms with Gasteiger partial charge in [-0.1, -0.05) is 20.8 Å². The first-order valence-electron chi connectivity index (χ1n) is 7.68. The Labute approximate surface area is 131 Å². The van der Waals surface area contributed by atoms with Crippen molar-refractivity contribution in [1.82, 2.24) is 10.3 Å². The molecule has 1 fully saturated rings. The number of nitrogens with one attached hydrogen (secondary N) is 1. The van der Waals surface area contributed by atoms with Crippen molar-refractivity contribution < 1.29 is 0 Å². The van der Waals surface area contributed by atoms with Gasteiger partial charge in [0.05, 0.1) is 5.69 Å². The van der Waals surface area contributed by atoms with Crippen molar-refractivity contribution in [2.75, 3.05) is 30.0 Å². The van der Waals surface area contributed by atoms with E-state index in [1.807, 2.05) is 11.3 Å². The van der Waals surface area contributed by atoms with Crippen LogP contribution in [0.25, 0.3) is 0 Å². The van der Waals surface area contributed by atoms with E-state index < -0.39 is 0 Å². The van der Waals surface area contributed by atoms with E-state index >= 15 is 0 Å². The molecule has 5 heteroatoms. The van der Waals surface area contributed by atoms with E-state index in [4.69, 9.17) is 4.98 Å². The summed E-state index contributed by atoms with van der Waals surface area (Å²) in [7, 11) is 2.22. The average molecular weight is 314 g/mol. The van der Waals surface area contributed by atoms with Crippen LogP contribution in [0.4, 0.5) is 5.13 Å². The lowest BCUT2D eigenvalue weighted by molar-refractivity contribution is 0.669. The molecule has 1 saturated heterocycles. The molecule has 1 aliphatic heterocycles. The second-order valence-corrected chi connectivity index (χ2v) is 7.73. The van der Waals surface area contributed by atoms with Gasteiger partial charge in [0.1, 0.15) is 0 Å². The van der Waals surface area contributed by atoms with E-state index in [0.29, 0.717) is 12.0 Å². The lowest BCUT2D eigenvalue weighted by Gasteiger charge is -2.22. The summed E-state index contributed by atoms with van der Waals surface area (Å²) in [6, 6.07) is 0.669.